The Labute approximate surface area is 109 Å². The molecule has 0 aromatic heterocycles. The summed E-state index contributed by atoms with van der Waals surface area (Å²) >= 11 is 0. The van der Waals surface area contributed by atoms with E-state index >= 15 is 0 Å². The molecule has 1 saturated heterocycles. The number of aldehydes is 1. The molecule has 2 N–H and O–H groups in total. The first-order valence-corrected chi connectivity index (χ1v) is 5.99. The molecule has 1 aliphatic heterocycles. The molecule has 1 unspecified atom stereocenters. The molecule has 1 aromatic rings. The average molecular weight is 268 g/mol. The third kappa shape index (κ3) is 2.78. The van der Waals surface area contributed by atoms with Crippen molar-refractivity contribution >= 4 is 12.2 Å². The summed E-state index contributed by atoms with van der Waals surface area (Å²) < 4.78 is 27.5. The SMILES string of the molecule is NC(=O)C1CCCN1Cc1c(F)cc(C=O)cc1F. The van der Waals surface area contributed by atoms with E-state index < -0.39 is 23.6 Å². The van der Waals surface area contributed by atoms with Gasteiger partial charge in [-0.1, -0.05) is 0 Å². The van der Waals surface area contributed by atoms with E-state index in [-0.39, 0.29) is 17.7 Å². The van der Waals surface area contributed by atoms with Gasteiger partial charge in [0.15, 0.2) is 0 Å². The number of hydrogen-bond donors (Lipinski definition) is 1. The van der Waals surface area contributed by atoms with Crippen LogP contribution >= 0.6 is 0 Å². The van der Waals surface area contributed by atoms with Crippen molar-refractivity contribution in [2.24, 2.45) is 5.73 Å². The Morgan fingerprint density at radius 1 is 1.42 bits per heavy atom. The molecule has 0 bridgehead atoms. The fourth-order valence-electron chi connectivity index (χ4n) is 2.38. The summed E-state index contributed by atoms with van der Waals surface area (Å²) in [5, 5.41) is 0. The number of nitrogens with two attached hydrogens (primary N) is 1. The first-order chi connectivity index (χ1) is 9.02. The van der Waals surface area contributed by atoms with Gasteiger partial charge in [-0.2, -0.15) is 0 Å². The third-order valence-electron chi connectivity index (χ3n) is 3.35. The van der Waals surface area contributed by atoms with E-state index in [4.69, 9.17) is 5.73 Å². The fourth-order valence-corrected chi connectivity index (χ4v) is 2.38. The smallest absolute Gasteiger partial charge is 0.234 e. The second kappa shape index (κ2) is 5.44. The number of hydrogen-bond acceptors (Lipinski definition) is 3. The van der Waals surface area contributed by atoms with Crippen molar-refractivity contribution in [3.05, 3.63) is 34.9 Å². The molecule has 0 aliphatic carbocycles. The maximum absolute atomic E-state index is 13.7. The molecular weight excluding hydrogens is 254 g/mol. The van der Waals surface area contributed by atoms with Crippen LogP contribution in [0, 0.1) is 11.6 Å². The molecule has 1 aromatic carbocycles. The van der Waals surface area contributed by atoms with Crippen molar-refractivity contribution < 1.29 is 18.4 Å². The van der Waals surface area contributed by atoms with Crippen LogP contribution in [-0.2, 0) is 11.3 Å². The predicted molar refractivity (Wildman–Crippen MR) is 64.4 cm³/mol. The average Bonchev–Trinajstić information content (AvgIpc) is 2.81. The minimum atomic E-state index is -0.780. The zero-order valence-electron chi connectivity index (χ0n) is 10.2. The monoisotopic (exact) mass is 268 g/mol. The van der Waals surface area contributed by atoms with Gasteiger partial charge in [0.05, 0.1) is 6.04 Å². The van der Waals surface area contributed by atoms with Crippen LogP contribution in [0.3, 0.4) is 0 Å². The Bertz CT molecular complexity index is 496. The summed E-state index contributed by atoms with van der Waals surface area (Å²) in [5.41, 5.74) is 5.06. The van der Waals surface area contributed by atoms with Crippen LogP contribution in [0.4, 0.5) is 8.78 Å². The van der Waals surface area contributed by atoms with Gasteiger partial charge in [-0.25, -0.2) is 8.78 Å². The molecule has 0 saturated carbocycles. The Balaban J connectivity index is 2.24. The van der Waals surface area contributed by atoms with Crippen molar-refractivity contribution in [3.63, 3.8) is 0 Å². The van der Waals surface area contributed by atoms with Crippen LogP contribution in [0.2, 0.25) is 0 Å². The Morgan fingerprint density at radius 2 is 2.05 bits per heavy atom. The van der Waals surface area contributed by atoms with E-state index in [2.05, 4.69) is 0 Å². The lowest BCUT2D eigenvalue weighted by Gasteiger charge is -2.22. The molecule has 102 valence electrons. The molecule has 1 aliphatic rings. The van der Waals surface area contributed by atoms with Gasteiger partial charge in [0.2, 0.25) is 5.91 Å². The van der Waals surface area contributed by atoms with E-state index in [0.717, 1.165) is 18.6 Å². The summed E-state index contributed by atoms with van der Waals surface area (Å²) in [6, 6.07) is 1.49. The van der Waals surface area contributed by atoms with Gasteiger partial charge in [-0.3, -0.25) is 14.5 Å². The number of halogens is 2. The quantitative estimate of drug-likeness (QED) is 0.835. The summed E-state index contributed by atoms with van der Waals surface area (Å²) in [7, 11) is 0. The molecule has 19 heavy (non-hydrogen) atoms. The largest absolute Gasteiger partial charge is 0.368 e. The molecule has 1 heterocycles. The molecule has 1 fully saturated rings. The van der Waals surface area contributed by atoms with Crippen LogP contribution in [0.1, 0.15) is 28.8 Å². The lowest BCUT2D eigenvalue weighted by Crippen LogP contribution is -2.40. The highest BCUT2D eigenvalue weighted by atomic mass is 19.1. The molecule has 1 atom stereocenters. The number of primary amides is 1. The van der Waals surface area contributed by atoms with E-state index in [1.807, 2.05) is 0 Å². The van der Waals surface area contributed by atoms with Crippen LogP contribution in [0.5, 0.6) is 0 Å². The van der Waals surface area contributed by atoms with Crippen LogP contribution < -0.4 is 5.73 Å². The van der Waals surface area contributed by atoms with E-state index in [1.54, 1.807) is 4.90 Å². The number of amides is 1. The van der Waals surface area contributed by atoms with Crippen LogP contribution in [0.15, 0.2) is 12.1 Å². The Kier molecular flexibility index (Phi) is 3.90. The highest BCUT2D eigenvalue weighted by molar-refractivity contribution is 5.80. The molecule has 1 amide bonds. The zero-order valence-corrected chi connectivity index (χ0v) is 10.2. The minimum absolute atomic E-state index is 0.0234. The topological polar surface area (TPSA) is 63.4 Å². The zero-order chi connectivity index (χ0) is 14.0. The normalized spacial score (nSPS) is 19.6. The summed E-state index contributed by atoms with van der Waals surface area (Å²) in [6.45, 7) is 0.548. The maximum Gasteiger partial charge on any atom is 0.234 e. The van der Waals surface area contributed by atoms with Gasteiger partial charge in [-0.15, -0.1) is 0 Å². The number of nitrogens with zero attached hydrogens (tertiary/aromatic N) is 1. The first kappa shape index (κ1) is 13.6. The number of likely N-dealkylation sites (tertiary alicyclic amines) is 1. The maximum atomic E-state index is 13.7. The summed E-state index contributed by atoms with van der Waals surface area (Å²) in [5.74, 6) is -2.04. The lowest BCUT2D eigenvalue weighted by molar-refractivity contribution is -0.122. The molecule has 6 heteroatoms. The Morgan fingerprint density at radius 3 is 2.58 bits per heavy atom. The van der Waals surface area contributed by atoms with Crippen LogP contribution in [0.25, 0.3) is 0 Å². The van der Waals surface area contributed by atoms with E-state index in [0.29, 0.717) is 19.3 Å². The number of rotatable bonds is 4. The fraction of sp³-hybridized carbons (Fsp3) is 0.385. The van der Waals surface area contributed by atoms with Gasteiger partial charge in [0.1, 0.15) is 17.9 Å². The second-order valence-corrected chi connectivity index (χ2v) is 4.61. The standard InChI is InChI=1S/C13H14F2N2O2/c14-10-4-8(7-18)5-11(15)9(10)6-17-3-1-2-12(17)13(16)19/h4-5,7,12H,1-3,6H2,(H2,16,19). The predicted octanol–water partition coefficient (Wildman–Crippen LogP) is 1.23. The third-order valence-corrected chi connectivity index (χ3v) is 3.35. The van der Waals surface area contributed by atoms with Gasteiger partial charge >= 0.3 is 0 Å². The van der Waals surface area contributed by atoms with Gasteiger partial charge in [-0.05, 0) is 31.5 Å². The van der Waals surface area contributed by atoms with Gasteiger partial charge in [0.25, 0.3) is 0 Å². The molecule has 0 radical (unpaired) electrons. The summed E-state index contributed by atoms with van der Waals surface area (Å²) in [4.78, 5) is 23.4. The molecular formula is C13H14F2N2O2. The van der Waals surface area contributed by atoms with Crippen molar-refractivity contribution in [1.82, 2.24) is 4.90 Å². The highest BCUT2D eigenvalue weighted by Gasteiger charge is 2.30. The molecule has 0 spiro atoms. The van der Waals surface area contributed by atoms with Crippen molar-refractivity contribution in [2.45, 2.75) is 25.4 Å². The van der Waals surface area contributed by atoms with Crippen LogP contribution in [-0.4, -0.2) is 29.7 Å². The van der Waals surface area contributed by atoms with E-state index in [1.165, 1.54) is 0 Å². The number of carbonyl (C=O) groups is 2. The second-order valence-electron chi connectivity index (χ2n) is 4.61. The van der Waals surface area contributed by atoms with Crippen molar-refractivity contribution in [1.29, 1.82) is 0 Å². The van der Waals surface area contributed by atoms with Crippen molar-refractivity contribution in [2.75, 3.05) is 6.54 Å². The Hall–Kier alpha value is -1.82. The molecule has 2 rings (SSSR count). The highest BCUT2D eigenvalue weighted by Crippen LogP contribution is 2.23. The number of benzene rings is 1. The molecule has 4 nitrogen and oxygen atoms in total. The van der Waals surface area contributed by atoms with Gasteiger partial charge in [0, 0.05) is 17.7 Å². The lowest BCUT2D eigenvalue weighted by atomic mass is 10.1. The first-order valence-electron chi connectivity index (χ1n) is 5.99. The van der Waals surface area contributed by atoms with E-state index in [9.17, 15) is 18.4 Å². The summed E-state index contributed by atoms with van der Waals surface area (Å²) in [6.07, 6.45) is 1.76. The van der Waals surface area contributed by atoms with Crippen molar-refractivity contribution in [3.8, 4) is 0 Å². The minimum Gasteiger partial charge on any atom is -0.368 e. The van der Waals surface area contributed by atoms with Gasteiger partial charge < -0.3 is 5.73 Å². The number of carbonyl (C=O) groups excluding carboxylic acids is 2.